The normalized spacial score (nSPS) is 13.2. The number of esters is 1. The Balaban J connectivity index is 2.57. The first-order valence-electron chi connectivity index (χ1n) is 9.87. The lowest BCUT2D eigenvalue weighted by atomic mass is 10.1. The zero-order valence-electron chi connectivity index (χ0n) is 16.6. The van der Waals surface area contributed by atoms with Gasteiger partial charge in [-0.25, -0.2) is 8.98 Å². The van der Waals surface area contributed by atoms with E-state index in [1.807, 2.05) is 0 Å². The maximum Gasteiger partial charge on any atom is 0.523 e. The standard InChI is InChI=1S/C20H29F3O5S/c1-2-3-4-5-6-7-8-12-15-18(28-29(25,26)20(21,22)23)19(24)27-16-17-13-10-9-11-14-17/h9-11,13-14,18H,2-8,12,15-16H2,1H3/t18-/m1/s1. The van der Waals surface area contributed by atoms with Crippen molar-refractivity contribution in [2.75, 3.05) is 0 Å². The van der Waals surface area contributed by atoms with E-state index in [9.17, 15) is 26.4 Å². The number of carbonyl (C=O) groups is 1. The van der Waals surface area contributed by atoms with Crippen molar-refractivity contribution < 1.29 is 35.3 Å². The van der Waals surface area contributed by atoms with Gasteiger partial charge >= 0.3 is 21.6 Å². The zero-order valence-corrected chi connectivity index (χ0v) is 17.4. The summed E-state index contributed by atoms with van der Waals surface area (Å²) in [4.78, 5) is 12.2. The Labute approximate surface area is 170 Å². The van der Waals surface area contributed by atoms with Crippen LogP contribution in [0.3, 0.4) is 0 Å². The van der Waals surface area contributed by atoms with E-state index in [0.717, 1.165) is 32.1 Å². The van der Waals surface area contributed by atoms with Crippen LogP contribution in [0, 0.1) is 0 Å². The fraction of sp³-hybridized carbons (Fsp3) is 0.650. The number of hydrogen-bond acceptors (Lipinski definition) is 5. The van der Waals surface area contributed by atoms with Crippen molar-refractivity contribution in [2.45, 2.75) is 82.9 Å². The molecule has 1 atom stereocenters. The van der Waals surface area contributed by atoms with Crippen molar-refractivity contribution in [3.05, 3.63) is 35.9 Å². The summed E-state index contributed by atoms with van der Waals surface area (Å²) in [5, 5.41) is 0. The molecule has 0 radical (unpaired) electrons. The van der Waals surface area contributed by atoms with E-state index >= 15 is 0 Å². The highest BCUT2D eigenvalue weighted by atomic mass is 32.2. The Bertz CT molecular complexity index is 690. The first-order valence-corrected chi connectivity index (χ1v) is 11.3. The number of hydrogen-bond donors (Lipinski definition) is 0. The maximum atomic E-state index is 12.6. The first-order chi connectivity index (χ1) is 13.7. The van der Waals surface area contributed by atoms with Crippen molar-refractivity contribution in [3.8, 4) is 0 Å². The summed E-state index contributed by atoms with van der Waals surface area (Å²) < 4.78 is 69.7. The molecule has 0 aliphatic heterocycles. The molecule has 0 fully saturated rings. The average Bonchev–Trinajstić information content (AvgIpc) is 2.67. The SMILES string of the molecule is CCCCCCCCCC[C@@H](OS(=O)(=O)C(F)(F)F)C(=O)OCc1ccccc1. The van der Waals surface area contributed by atoms with Gasteiger partial charge in [0, 0.05) is 0 Å². The summed E-state index contributed by atoms with van der Waals surface area (Å²) in [6, 6.07) is 8.54. The highest BCUT2D eigenvalue weighted by Gasteiger charge is 2.49. The van der Waals surface area contributed by atoms with E-state index in [1.165, 1.54) is 6.42 Å². The quantitative estimate of drug-likeness (QED) is 0.166. The predicted octanol–water partition coefficient (Wildman–Crippen LogP) is 5.50. The second kappa shape index (κ2) is 12.8. The molecule has 0 aromatic heterocycles. The molecule has 1 aromatic rings. The van der Waals surface area contributed by atoms with Crippen LogP contribution in [0.25, 0.3) is 0 Å². The molecule has 166 valence electrons. The van der Waals surface area contributed by atoms with Crippen LogP contribution < -0.4 is 0 Å². The summed E-state index contributed by atoms with van der Waals surface area (Å²) >= 11 is 0. The second-order valence-corrected chi connectivity index (χ2v) is 8.41. The Morgan fingerprint density at radius 3 is 2.07 bits per heavy atom. The van der Waals surface area contributed by atoms with Gasteiger partial charge in [-0.3, -0.25) is 0 Å². The number of rotatable bonds is 14. The molecule has 0 amide bonds. The molecule has 5 nitrogen and oxygen atoms in total. The lowest BCUT2D eigenvalue weighted by Crippen LogP contribution is -2.35. The van der Waals surface area contributed by atoms with E-state index in [1.54, 1.807) is 30.3 Å². The zero-order chi connectivity index (χ0) is 21.8. The molecule has 0 saturated heterocycles. The van der Waals surface area contributed by atoms with E-state index in [4.69, 9.17) is 4.74 Å². The molecule has 1 rings (SSSR count). The number of unbranched alkanes of at least 4 members (excludes halogenated alkanes) is 7. The smallest absolute Gasteiger partial charge is 0.459 e. The molecule has 9 heteroatoms. The number of alkyl halides is 3. The van der Waals surface area contributed by atoms with Crippen LogP contribution in [0.4, 0.5) is 13.2 Å². The summed E-state index contributed by atoms with van der Waals surface area (Å²) in [6.45, 7) is 1.94. The van der Waals surface area contributed by atoms with Gasteiger partial charge in [0.05, 0.1) is 0 Å². The molecule has 0 N–H and O–H groups in total. The van der Waals surface area contributed by atoms with Crippen molar-refractivity contribution in [2.24, 2.45) is 0 Å². The highest BCUT2D eigenvalue weighted by Crippen LogP contribution is 2.27. The van der Waals surface area contributed by atoms with E-state index in [-0.39, 0.29) is 13.0 Å². The summed E-state index contributed by atoms with van der Waals surface area (Å²) in [6.07, 6.45) is 5.44. The average molecular weight is 439 g/mol. The van der Waals surface area contributed by atoms with E-state index in [0.29, 0.717) is 18.4 Å². The van der Waals surface area contributed by atoms with Crippen LogP contribution >= 0.6 is 0 Å². The second-order valence-electron chi connectivity index (χ2n) is 6.84. The van der Waals surface area contributed by atoms with Gasteiger partial charge in [-0.15, -0.1) is 0 Å². The summed E-state index contributed by atoms with van der Waals surface area (Å²) in [5.74, 6) is -1.12. The fourth-order valence-corrected chi connectivity index (χ4v) is 3.29. The number of halogens is 3. The van der Waals surface area contributed by atoms with Crippen LogP contribution in [0.2, 0.25) is 0 Å². The molecule has 0 spiro atoms. The van der Waals surface area contributed by atoms with Gasteiger partial charge in [0.2, 0.25) is 0 Å². The van der Waals surface area contributed by atoms with Crippen LogP contribution in [-0.2, 0) is 30.4 Å². The van der Waals surface area contributed by atoms with E-state index in [2.05, 4.69) is 11.1 Å². The molecule has 0 bridgehead atoms. The van der Waals surface area contributed by atoms with Gasteiger partial charge < -0.3 is 4.74 Å². The van der Waals surface area contributed by atoms with Gasteiger partial charge in [0.1, 0.15) is 6.61 Å². The lowest BCUT2D eigenvalue weighted by Gasteiger charge is -2.17. The van der Waals surface area contributed by atoms with Gasteiger partial charge in [0.25, 0.3) is 0 Å². The monoisotopic (exact) mass is 438 g/mol. The molecule has 0 aliphatic rings. The van der Waals surface area contributed by atoms with Crippen molar-refractivity contribution in [1.29, 1.82) is 0 Å². The van der Waals surface area contributed by atoms with Crippen LogP contribution in [0.5, 0.6) is 0 Å². The summed E-state index contributed by atoms with van der Waals surface area (Å²) in [5.41, 5.74) is -4.96. The maximum absolute atomic E-state index is 12.6. The van der Waals surface area contributed by atoms with Crippen LogP contribution in [0.1, 0.15) is 70.3 Å². The minimum absolute atomic E-state index is 0.155. The minimum atomic E-state index is -5.88. The Kier molecular flexibility index (Phi) is 11.3. The topological polar surface area (TPSA) is 69.7 Å². The largest absolute Gasteiger partial charge is 0.523 e. The van der Waals surface area contributed by atoms with Gasteiger partial charge in [0.15, 0.2) is 6.10 Å². The number of benzene rings is 1. The molecule has 0 unspecified atom stereocenters. The molecule has 1 aromatic carbocycles. The molecular weight excluding hydrogens is 409 g/mol. The Hall–Kier alpha value is -1.61. The third kappa shape index (κ3) is 10.1. The highest BCUT2D eigenvalue weighted by molar-refractivity contribution is 7.87. The van der Waals surface area contributed by atoms with Crippen molar-refractivity contribution in [3.63, 3.8) is 0 Å². The molecule has 0 heterocycles. The fourth-order valence-electron chi connectivity index (χ4n) is 2.70. The molecule has 0 aliphatic carbocycles. The lowest BCUT2D eigenvalue weighted by molar-refractivity contribution is -0.154. The van der Waals surface area contributed by atoms with Crippen molar-refractivity contribution >= 4 is 16.1 Å². The Morgan fingerprint density at radius 2 is 1.52 bits per heavy atom. The number of carbonyl (C=O) groups excluding carboxylic acids is 1. The predicted molar refractivity (Wildman–Crippen MR) is 103 cm³/mol. The van der Waals surface area contributed by atoms with Crippen LogP contribution in [-0.4, -0.2) is 26.0 Å². The molecule has 0 saturated carbocycles. The third-order valence-corrected chi connectivity index (χ3v) is 5.39. The van der Waals surface area contributed by atoms with E-state index < -0.39 is 27.7 Å². The first kappa shape index (κ1) is 25.4. The van der Waals surface area contributed by atoms with Gasteiger partial charge in [-0.05, 0) is 12.0 Å². The third-order valence-electron chi connectivity index (χ3n) is 4.33. The van der Waals surface area contributed by atoms with Gasteiger partial charge in [-0.1, -0.05) is 88.6 Å². The Morgan fingerprint density at radius 1 is 0.966 bits per heavy atom. The summed E-state index contributed by atoms with van der Waals surface area (Å²) in [7, 11) is -5.88. The minimum Gasteiger partial charge on any atom is -0.459 e. The molecular formula is C20H29F3O5S. The van der Waals surface area contributed by atoms with Crippen LogP contribution in [0.15, 0.2) is 30.3 Å². The van der Waals surface area contributed by atoms with Gasteiger partial charge in [-0.2, -0.15) is 21.6 Å². The number of ether oxygens (including phenoxy) is 1. The molecule has 29 heavy (non-hydrogen) atoms. The van der Waals surface area contributed by atoms with Crippen molar-refractivity contribution in [1.82, 2.24) is 0 Å².